The van der Waals surface area contributed by atoms with E-state index >= 15 is 0 Å². The Morgan fingerprint density at radius 2 is 1.67 bits per heavy atom. The maximum atomic E-state index is 12.3. The van der Waals surface area contributed by atoms with Gasteiger partial charge in [0.05, 0.1) is 0 Å². The van der Waals surface area contributed by atoms with Crippen LogP contribution in [0.3, 0.4) is 0 Å². The zero-order valence-electron chi connectivity index (χ0n) is 12.6. The lowest BCUT2D eigenvalue weighted by Crippen LogP contribution is -2.02. The Bertz CT molecular complexity index is 661. The molecule has 0 saturated carbocycles. The van der Waals surface area contributed by atoms with Crippen molar-refractivity contribution in [2.75, 3.05) is 0 Å². The molecule has 2 aromatic rings. The SMILES string of the molecule is C=C(C/C(C)=C/c1ccccc1)C(=O)c1ccc(C)cc1. The number of aryl methyl sites for hydroxylation is 1. The second-order valence-electron chi connectivity index (χ2n) is 5.38. The van der Waals surface area contributed by atoms with E-state index in [9.17, 15) is 4.79 Å². The van der Waals surface area contributed by atoms with Crippen LogP contribution in [0.25, 0.3) is 6.08 Å². The molecule has 0 radical (unpaired) electrons. The van der Waals surface area contributed by atoms with Crippen molar-refractivity contribution in [3.63, 3.8) is 0 Å². The molecule has 0 atom stereocenters. The van der Waals surface area contributed by atoms with Crippen LogP contribution < -0.4 is 0 Å². The molecule has 2 aromatic carbocycles. The lowest BCUT2D eigenvalue weighted by atomic mass is 9.97. The number of carbonyl (C=O) groups excluding carboxylic acids is 1. The van der Waals surface area contributed by atoms with E-state index in [1.54, 1.807) is 0 Å². The fraction of sp³-hybridized carbons (Fsp3) is 0.150. The number of Topliss-reactive ketones (excluding diaryl/α,β-unsaturated/α-hetero) is 1. The van der Waals surface area contributed by atoms with Crippen LogP contribution in [0.1, 0.15) is 34.8 Å². The molecule has 1 heteroatoms. The van der Waals surface area contributed by atoms with Crippen molar-refractivity contribution >= 4 is 11.9 Å². The van der Waals surface area contributed by atoms with Crippen molar-refractivity contribution in [1.82, 2.24) is 0 Å². The molecule has 0 aliphatic heterocycles. The van der Waals surface area contributed by atoms with Gasteiger partial charge >= 0.3 is 0 Å². The second-order valence-corrected chi connectivity index (χ2v) is 5.38. The molecule has 0 spiro atoms. The third-order valence-corrected chi connectivity index (χ3v) is 3.34. The van der Waals surface area contributed by atoms with Gasteiger partial charge in [0.15, 0.2) is 5.78 Å². The summed E-state index contributed by atoms with van der Waals surface area (Å²) in [6.07, 6.45) is 2.69. The third-order valence-electron chi connectivity index (χ3n) is 3.34. The lowest BCUT2D eigenvalue weighted by Gasteiger charge is -2.06. The molecular formula is C20H20O. The maximum Gasteiger partial charge on any atom is 0.188 e. The molecular weight excluding hydrogens is 256 g/mol. The highest BCUT2D eigenvalue weighted by Crippen LogP contribution is 2.17. The van der Waals surface area contributed by atoms with Crippen LogP contribution in [0.15, 0.2) is 72.3 Å². The van der Waals surface area contributed by atoms with Gasteiger partial charge in [0.25, 0.3) is 0 Å². The van der Waals surface area contributed by atoms with Crippen molar-refractivity contribution in [3.05, 3.63) is 89.0 Å². The Balaban J connectivity index is 2.05. The molecule has 0 aromatic heterocycles. The summed E-state index contributed by atoms with van der Waals surface area (Å²) in [6.45, 7) is 7.98. The molecule has 0 aliphatic carbocycles. The van der Waals surface area contributed by atoms with Crippen LogP contribution in [-0.4, -0.2) is 5.78 Å². The van der Waals surface area contributed by atoms with Crippen molar-refractivity contribution in [1.29, 1.82) is 0 Å². The zero-order chi connectivity index (χ0) is 15.2. The highest BCUT2D eigenvalue weighted by molar-refractivity contribution is 6.08. The largest absolute Gasteiger partial charge is 0.289 e. The summed E-state index contributed by atoms with van der Waals surface area (Å²) in [5.41, 5.74) is 4.76. The van der Waals surface area contributed by atoms with Crippen molar-refractivity contribution in [2.45, 2.75) is 20.3 Å². The minimum Gasteiger partial charge on any atom is -0.289 e. The van der Waals surface area contributed by atoms with E-state index in [0.717, 1.165) is 16.7 Å². The molecule has 0 amide bonds. The molecule has 0 heterocycles. The number of allylic oxidation sites excluding steroid dienone is 2. The van der Waals surface area contributed by atoms with Gasteiger partial charge in [-0.15, -0.1) is 0 Å². The average Bonchev–Trinajstić information content (AvgIpc) is 2.48. The third kappa shape index (κ3) is 4.28. The van der Waals surface area contributed by atoms with E-state index in [2.05, 4.69) is 12.7 Å². The Hall–Kier alpha value is -2.41. The summed E-state index contributed by atoms with van der Waals surface area (Å²) in [4.78, 5) is 12.3. The molecule has 1 nitrogen and oxygen atoms in total. The summed E-state index contributed by atoms with van der Waals surface area (Å²) in [5, 5.41) is 0. The van der Waals surface area contributed by atoms with E-state index < -0.39 is 0 Å². The molecule has 21 heavy (non-hydrogen) atoms. The van der Waals surface area contributed by atoms with Crippen molar-refractivity contribution in [2.24, 2.45) is 0 Å². The predicted octanol–water partition coefficient (Wildman–Crippen LogP) is 5.23. The van der Waals surface area contributed by atoms with E-state index in [1.807, 2.05) is 68.4 Å². The van der Waals surface area contributed by atoms with Crippen LogP contribution in [-0.2, 0) is 0 Å². The molecule has 0 unspecified atom stereocenters. The van der Waals surface area contributed by atoms with Crippen LogP contribution in [0.2, 0.25) is 0 Å². The summed E-state index contributed by atoms with van der Waals surface area (Å²) >= 11 is 0. The first kappa shape index (κ1) is 15.0. The quantitative estimate of drug-likeness (QED) is 0.540. The Labute approximate surface area is 126 Å². The first-order valence-corrected chi connectivity index (χ1v) is 7.07. The summed E-state index contributed by atoms with van der Waals surface area (Å²) < 4.78 is 0. The highest BCUT2D eigenvalue weighted by Gasteiger charge is 2.10. The second kappa shape index (κ2) is 6.85. The molecule has 0 aliphatic rings. The highest BCUT2D eigenvalue weighted by atomic mass is 16.1. The van der Waals surface area contributed by atoms with Gasteiger partial charge in [0.1, 0.15) is 0 Å². The van der Waals surface area contributed by atoms with E-state index in [4.69, 9.17) is 0 Å². The summed E-state index contributed by atoms with van der Waals surface area (Å²) in [7, 11) is 0. The number of ketones is 1. The molecule has 0 saturated heterocycles. The molecule has 0 fully saturated rings. The number of benzene rings is 2. The number of carbonyl (C=O) groups is 1. The summed E-state index contributed by atoms with van der Waals surface area (Å²) in [5.74, 6) is 0.0239. The Kier molecular flexibility index (Phi) is 4.89. The fourth-order valence-electron chi connectivity index (χ4n) is 2.21. The summed E-state index contributed by atoms with van der Waals surface area (Å²) in [6, 6.07) is 17.7. The van der Waals surface area contributed by atoms with Crippen LogP contribution in [0, 0.1) is 6.92 Å². The smallest absolute Gasteiger partial charge is 0.188 e. The van der Waals surface area contributed by atoms with E-state index in [1.165, 1.54) is 0 Å². The van der Waals surface area contributed by atoms with Crippen molar-refractivity contribution in [3.8, 4) is 0 Å². The molecule has 2 rings (SSSR count). The lowest BCUT2D eigenvalue weighted by molar-refractivity contribution is 0.103. The van der Waals surface area contributed by atoms with Gasteiger partial charge in [-0.25, -0.2) is 0 Å². The van der Waals surface area contributed by atoms with Gasteiger partial charge in [0, 0.05) is 5.56 Å². The average molecular weight is 276 g/mol. The molecule has 0 N–H and O–H groups in total. The normalized spacial score (nSPS) is 11.2. The van der Waals surface area contributed by atoms with Gasteiger partial charge in [-0.1, -0.05) is 78.4 Å². The van der Waals surface area contributed by atoms with E-state index in [0.29, 0.717) is 17.6 Å². The minimum atomic E-state index is 0.0239. The van der Waals surface area contributed by atoms with Crippen molar-refractivity contribution < 1.29 is 4.79 Å². The number of hydrogen-bond acceptors (Lipinski definition) is 1. The van der Waals surface area contributed by atoms with Gasteiger partial charge < -0.3 is 0 Å². The van der Waals surface area contributed by atoms with Gasteiger partial charge in [-0.05, 0) is 31.4 Å². The van der Waals surface area contributed by atoms with Gasteiger partial charge in [0.2, 0.25) is 0 Å². The van der Waals surface area contributed by atoms with Crippen LogP contribution >= 0.6 is 0 Å². The van der Waals surface area contributed by atoms with Crippen LogP contribution in [0.5, 0.6) is 0 Å². The number of hydrogen-bond donors (Lipinski definition) is 0. The molecule has 106 valence electrons. The van der Waals surface area contributed by atoms with Gasteiger partial charge in [-0.2, -0.15) is 0 Å². The predicted molar refractivity (Wildman–Crippen MR) is 89.4 cm³/mol. The standard InChI is InChI=1S/C20H20O/c1-15-9-11-19(12-10-15)20(21)17(3)13-16(2)14-18-7-5-4-6-8-18/h4-12,14H,3,13H2,1-2H3/b16-14+. The van der Waals surface area contributed by atoms with Gasteiger partial charge in [-0.3, -0.25) is 4.79 Å². The Morgan fingerprint density at radius 1 is 1.05 bits per heavy atom. The molecule has 0 bridgehead atoms. The fourth-order valence-corrected chi connectivity index (χ4v) is 2.21. The minimum absolute atomic E-state index is 0.0239. The maximum absolute atomic E-state index is 12.3. The number of rotatable bonds is 5. The van der Waals surface area contributed by atoms with Crippen LogP contribution in [0.4, 0.5) is 0 Å². The van der Waals surface area contributed by atoms with E-state index in [-0.39, 0.29) is 5.78 Å². The zero-order valence-corrected chi connectivity index (χ0v) is 12.6. The first-order valence-electron chi connectivity index (χ1n) is 7.07. The monoisotopic (exact) mass is 276 g/mol. The topological polar surface area (TPSA) is 17.1 Å². The Morgan fingerprint density at radius 3 is 2.29 bits per heavy atom. The first-order chi connectivity index (χ1) is 10.1.